The smallest absolute Gasteiger partial charge is 0.0723 e. The van der Waals surface area contributed by atoms with Gasteiger partial charge >= 0.3 is 0 Å². The molecule has 6 rings (SSSR count). The van der Waals surface area contributed by atoms with Gasteiger partial charge in [0.05, 0.1) is 6.10 Å². The molecule has 2 aromatic carbocycles. The minimum Gasteiger partial charge on any atom is -0.391 e. The molecule has 4 fully saturated rings. The van der Waals surface area contributed by atoms with E-state index in [2.05, 4.69) is 64.4 Å². The molecule has 3 heteroatoms. The lowest BCUT2D eigenvalue weighted by Gasteiger charge is -2.54. The number of piperidine rings is 2. The average molecular weight is 391 g/mol. The molecule has 2 bridgehead atoms. The minimum absolute atomic E-state index is 0.144. The van der Waals surface area contributed by atoms with Crippen LogP contribution in [-0.2, 0) is 6.54 Å². The summed E-state index contributed by atoms with van der Waals surface area (Å²) in [6, 6.07) is 20.5. The molecule has 3 nitrogen and oxygen atoms in total. The molecule has 0 radical (unpaired) electrons. The van der Waals surface area contributed by atoms with Crippen molar-refractivity contribution in [3.8, 4) is 11.1 Å². The lowest BCUT2D eigenvalue weighted by Crippen LogP contribution is -2.68. The van der Waals surface area contributed by atoms with Gasteiger partial charge in [-0.05, 0) is 41.9 Å². The van der Waals surface area contributed by atoms with Gasteiger partial charge in [0.25, 0.3) is 0 Å². The third-order valence-electron chi connectivity index (χ3n) is 7.47. The summed E-state index contributed by atoms with van der Waals surface area (Å²) in [7, 11) is 0. The maximum absolute atomic E-state index is 10.7. The van der Waals surface area contributed by atoms with E-state index in [-0.39, 0.29) is 6.10 Å². The second kappa shape index (κ2) is 8.59. The number of aliphatic hydroxyl groups excluding tert-OH is 1. The van der Waals surface area contributed by atoms with Crippen LogP contribution in [0, 0.1) is 5.92 Å². The highest BCUT2D eigenvalue weighted by molar-refractivity contribution is 5.63. The number of rotatable bonds is 5. The van der Waals surface area contributed by atoms with Gasteiger partial charge < -0.3 is 5.11 Å². The summed E-state index contributed by atoms with van der Waals surface area (Å²) >= 11 is 0. The van der Waals surface area contributed by atoms with Gasteiger partial charge in [-0.15, -0.1) is 0 Å². The Kier molecular flexibility index (Phi) is 5.72. The Morgan fingerprint density at radius 3 is 2.24 bits per heavy atom. The number of fused-ring (bicyclic) bond motifs is 3. The molecular formula is C26H34N2O. The molecule has 4 aliphatic rings. The van der Waals surface area contributed by atoms with Crippen molar-refractivity contribution in [2.24, 2.45) is 5.92 Å². The zero-order valence-corrected chi connectivity index (χ0v) is 17.4. The quantitative estimate of drug-likeness (QED) is 0.811. The Bertz CT molecular complexity index is 784. The van der Waals surface area contributed by atoms with E-state index in [1.165, 1.54) is 55.3 Å². The van der Waals surface area contributed by atoms with Gasteiger partial charge in [0.15, 0.2) is 0 Å². The fourth-order valence-electron chi connectivity index (χ4n) is 5.82. The van der Waals surface area contributed by atoms with Crippen molar-refractivity contribution in [1.82, 2.24) is 9.80 Å². The zero-order chi connectivity index (χ0) is 19.6. The molecule has 0 aromatic heterocycles. The third-order valence-corrected chi connectivity index (χ3v) is 7.47. The molecule has 3 aliphatic heterocycles. The van der Waals surface area contributed by atoms with Crippen molar-refractivity contribution in [1.29, 1.82) is 0 Å². The van der Waals surface area contributed by atoms with Crippen LogP contribution in [0.4, 0.5) is 0 Å². The standard InChI is InChI=1S/C26H34N2O/c29-26-15-24-18-28(17-20-7-3-1-4-8-20)25(26)19-27(24)16-21-11-13-23(14-12-21)22-9-5-2-6-10-22/h2,5-6,9-14,20,24-26,29H,1,3-4,7-8,15-19H2/t24-,25+,26+/m1/s1. The molecule has 3 atom stereocenters. The second-order valence-corrected chi connectivity index (χ2v) is 9.47. The van der Waals surface area contributed by atoms with Crippen LogP contribution < -0.4 is 0 Å². The SMILES string of the molecule is O[C@H]1C[C@@H]2CN(CC3CCCCC3)[C@H]1CN2Cc1ccc(-c2ccccc2)cc1. The first-order valence-electron chi connectivity index (χ1n) is 11.6. The zero-order valence-electron chi connectivity index (χ0n) is 17.4. The van der Waals surface area contributed by atoms with Crippen molar-refractivity contribution in [3.05, 3.63) is 60.2 Å². The summed E-state index contributed by atoms with van der Waals surface area (Å²) in [5.74, 6) is 0.856. The van der Waals surface area contributed by atoms with Crippen LogP contribution in [0.2, 0.25) is 0 Å². The third kappa shape index (κ3) is 4.28. The molecule has 3 saturated heterocycles. The molecule has 3 heterocycles. The molecule has 0 spiro atoms. The predicted octanol–water partition coefficient (Wildman–Crippen LogP) is 4.55. The van der Waals surface area contributed by atoms with E-state index in [1.54, 1.807) is 0 Å². The molecule has 154 valence electrons. The van der Waals surface area contributed by atoms with Crippen molar-refractivity contribution in [2.75, 3.05) is 19.6 Å². The largest absolute Gasteiger partial charge is 0.391 e. The summed E-state index contributed by atoms with van der Waals surface area (Å²) in [5.41, 5.74) is 3.94. The highest BCUT2D eigenvalue weighted by Crippen LogP contribution is 2.33. The summed E-state index contributed by atoms with van der Waals surface area (Å²) in [4.78, 5) is 5.25. The molecule has 2 aromatic rings. The van der Waals surface area contributed by atoms with Gasteiger partial charge in [0.1, 0.15) is 0 Å². The monoisotopic (exact) mass is 390 g/mol. The molecule has 1 saturated carbocycles. The highest BCUT2D eigenvalue weighted by atomic mass is 16.3. The summed E-state index contributed by atoms with van der Waals surface area (Å²) in [6.45, 7) is 4.36. The van der Waals surface area contributed by atoms with Crippen LogP contribution in [-0.4, -0.2) is 52.7 Å². The topological polar surface area (TPSA) is 26.7 Å². The number of benzene rings is 2. The first kappa shape index (κ1) is 19.3. The highest BCUT2D eigenvalue weighted by Gasteiger charge is 2.44. The normalized spacial score (nSPS) is 28.7. The van der Waals surface area contributed by atoms with Gasteiger partial charge in [-0.25, -0.2) is 0 Å². The predicted molar refractivity (Wildman–Crippen MR) is 119 cm³/mol. The summed E-state index contributed by atoms with van der Waals surface area (Å²) in [5, 5.41) is 10.7. The summed E-state index contributed by atoms with van der Waals surface area (Å²) in [6.07, 6.45) is 7.80. The van der Waals surface area contributed by atoms with Crippen LogP contribution in [0.1, 0.15) is 44.1 Å². The number of hydrogen-bond acceptors (Lipinski definition) is 3. The van der Waals surface area contributed by atoms with E-state index in [0.29, 0.717) is 12.1 Å². The number of nitrogens with zero attached hydrogens (tertiary/aromatic N) is 2. The Morgan fingerprint density at radius 1 is 0.793 bits per heavy atom. The Hall–Kier alpha value is -1.68. The van der Waals surface area contributed by atoms with Crippen LogP contribution in [0.5, 0.6) is 0 Å². The van der Waals surface area contributed by atoms with Crippen molar-refractivity contribution in [2.45, 2.75) is 63.3 Å². The first-order valence-corrected chi connectivity index (χ1v) is 11.6. The van der Waals surface area contributed by atoms with E-state index in [1.807, 2.05) is 0 Å². The number of piperazine rings is 1. The van der Waals surface area contributed by atoms with Crippen LogP contribution >= 0.6 is 0 Å². The Balaban J connectivity index is 1.22. The van der Waals surface area contributed by atoms with Crippen molar-refractivity contribution >= 4 is 0 Å². The minimum atomic E-state index is -0.144. The average Bonchev–Trinajstić information content (AvgIpc) is 2.77. The van der Waals surface area contributed by atoms with E-state index in [0.717, 1.165) is 32.0 Å². The van der Waals surface area contributed by atoms with E-state index in [4.69, 9.17) is 0 Å². The van der Waals surface area contributed by atoms with Gasteiger partial charge in [-0.1, -0.05) is 73.9 Å². The molecule has 0 unspecified atom stereocenters. The van der Waals surface area contributed by atoms with Gasteiger partial charge in [0, 0.05) is 38.3 Å². The van der Waals surface area contributed by atoms with Crippen LogP contribution in [0.3, 0.4) is 0 Å². The fraction of sp³-hybridized carbons (Fsp3) is 0.538. The fourth-order valence-corrected chi connectivity index (χ4v) is 5.82. The molecule has 1 aliphatic carbocycles. The lowest BCUT2D eigenvalue weighted by atomic mass is 9.84. The molecule has 29 heavy (non-hydrogen) atoms. The van der Waals surface area contributed by atoms with Crippen LogP contribution in [0.15, 0.2) is 54.6 Å². The van der Waals surface area contributed by atoms with Gasteiger partial charge in [-0.3, -0.25) is 9.80 Å². The molecule has 1 N–H and O–H groups in total. The first-order chi connectivity index (χ1) is 14.3. The maximum atomic E-state index is 10.7. The number of hydrogen-bond donors (Lipinski definition) is 1. The summed E-state index contributed by atoms with van der Waals surface area (Å²) < 4.78 is 0. The second-order valence-electron chi connectivity index (χ2n) is 9.47. The van der Waals surface area contributed by atoms with Crippen molar-refractivity contribution < 1.29 is 5.11 Å². The molecule has 0 amide bonds. The molecular weight excluding hydrogens is 356 g/mol. The Morgan fingerprint density at radius 2 is 1.52 bits per heavy atom. The lowest BCUT2D eigenvalue weighted by molar-refractivity contribution is -0.102. The van der Waals surface area contributed by atoms with Crippen LogP contribution in [0.25, 0.3) is 11.1 Å². The van der Waals surface area contributed by atoms with Gasteiger partial charge in [-0.2, -0.15) is 0 Å². The van der Waals surface area contributed by atoms with E-state index in [9.17, 15) is 5.11 Å². The Labute approximate surface area is 175 Å². The number of aliphatic hydroxyl groups is 1. The van der Waals surface area contributed by atoms with E-state index >= 15 is 0 Å². The van der Waals surface area contributed by atoms with E-state index < -0.39 is 0 Å². The van der Waals surface area contributed by atoms with Gasteiger partial charge in [0.2, 0.25) is 0 Å². The van der Waals surface area contributed by atoms with Crippen molar-refractivity contribution in [3.63, 3.8) is 0 Å². The maximum Gasteiger partial charge on any atom is 0.0723 e.